The Kier molecular flexibility index (Phi) is 7.68. The van der Waals surface area contributed by atoms with Gasteiger partial charge in [-0.2, -0.15) is 4.31 Å². The molecule has 0 aliphatic heterocycles. The highest BCUT2D eigenvalue weighted by Gasteiger charge is 2.23. The zero-order chi connectivity index (χ0) is 22.3. The van der Waals surface area contributed by atoms with E-state index in [0.717, 1.165) is 16.3 Å². The molecule has 0 unspecified atom stereocenters. The second-order valence-electron chi connectivity index (χ2n) is 6.84. The lowest BCUT2D eigenvalue weighted by molar-refractivity contribution is -0.116. The minimum absolute atomic E-state index is 0.0665. The van der Waals surface area contributed by atoms with Crippen LogP contribution < -0.4 is 10.1 Å². The highest BCUT2D eigenvalue weighted by atomic mass is 35.5. The lowest BCUT2D eigenvalue weighted by Crippen LogP contribution is -2.35. The number of anilines is 1. The van der Waals surface area contributed by atoms with Gasteiger partial charge in [0.25, 0.3) is 0 Å². The van der Waals surface area contributed by atoms with Crippen LogP contribution in [-0.4, -0.2) is 38.8 Å². The van der Waals surface area contributed by atoms with E-state index in [1.54, 1.807) is 18.2 Å². The molecule has 1 amide bonds. The molecule has 0 saturated carbocycles. The Balaban J connectivity index is 1.60. The maximum absolute atomic E-state index is 12.7. The van der Waals surface area contributed by atoms with Crippen molar-refractivity contribution >= 4 is 33.2 Å². The van der Waals surface area contributed by atoms with Crippen molar-refractivity contribution < 1.29 is 17.9 Å². The van der Waals surface area contributed by atoms with Crippen molar-refractivity contribution in [3.05, 3.63) is 89.4 Å². The monoisotopic (exact) mass is 458 g/mol. The van der Waals surface area contributed by atoms with Crippen molar-refractivity contribution in [3.63, 3.8) is 0 Å². The van der Waals surface area contributed by atoms with E-state index in [-0.39, 0.29) is 11.4 Å². The van der Waals surface area contributed by atoms with Gasteiger partial charge in [-0.3, -0.25) is 4.79 Å². The van der Waals surface area contributed by atoms with Gasteiger partial charge in [-0.25, -0.2) is 8.42 Å². The Morgan fingerprint density at radius 3 is 2.32 bits per heavy atom. The molecule has 8 heteroatoms. The van der Waals surface area contributed by atoms with Gasteiger partial charge < -0.3 is 10.1 Å². The molecule has 0 aromatic heterocycles. The van der Waals surface area contributed by atoms with Crippen molar-refractivity contribution in [1.29, 1.82) is 0 Å². The number of carbonyl (C=O) groups excluding carboxylic acids is 1. The number of ether oxygens (including phenoxy) is 1. The smallest absolute Gasteiger partial charge is 0.243 e. The predicted octanol–water partition coefficient (Wildman–Crippen LogP) is 4.22. The quantitative estimate of drug-likeness (QED) is 0.521. The van der Waals surface area contributed by atoms with E-state index < -0.39 is 15.9 Å². The largest absolute Gasteiger partial charge is 0.491 e. The van der Waals surface area contributed by atoms with E-state index in [1.165, 1.54) is 31.3 Å². The normalized spacial score (nSPS) is 11.3. The number of sulfonamides is 1. The summed E-state index contributed by atoms with van der Waals surface area (Å²) < 4.78 is 32.1. The van der Waals surface area contributed by atoms with Gasteiger partial charge in [0.2, 0.25) is 15.9 Å². The van der Waals surface area contributed by atoms with Crippen LogP contribution in [0.1, 0.15) is 5.56 Å². The predicted molar refractivity (Wildman–Crippen MR) is 122 cm³/mol. The number of halogens is 1. The molecular weight excluding hydrogens is 436 g/mol. The van der Waals surface area contributed by atoms with E-state index in [2.05, 4.69) is 5.32 Å². The first-order valence-electron chi connectivity index (χ1n) is 9.64. The first-order valence-corrected chi connectivity index (χ1v) is 11.5. The molecule has 31 heavy (non-hydrogen) atoms. The molecule has 0 bridgehead atoms. The summed E-state index contributed by atoms with van der Waals surface area (Å²) in [5, 5.41) is 3.17. The second-order valence-corrected chi connectivity index (χ2v) is 9.32. The number of nitrogens with zero attached hydrogens (tertiary/aromatic N) is 1. The minimum Gasteiger partial charge on any atom is -0.491 e. The van der Waals surface area contributed by atoms with Gasteiger partial charge in [-0.05, 0) is 42.0 Å². The molecule has 3 aromatic rings. The van der Waals surface area contributed by atoms with Gasteiger partial charge in [0.15, 0.2) is 0 Å². The summed E-state index contributed by atoms with van der Waals surface area (Å²) in [4.78, 5) is 12.6. The van der Waals surface area contributed by atoms with Gasteiger partial charge in [-0.15, -0.1) is 0 Å². The molecule has 162 valence electrons. The number of likely N-dealkylation sites (N-methyl/N-ethyl adjacent to an activating group) is 1. The summed E-state index contributed by atoms with van der Waals surface area (Å²) in [5.41, 5.74) is 1.64. The summed E-state index contributed by atoms with van der Waals surface area (Å²) in [6.45, 7) is 0.102. The average Bonchev–Trinajstić information content (AvgIpc) is 2.76. The fourth-order valence-corrected chi connectivity index (χ4v) is 4.14. The summed E-state index contributed by atoms with van der Waals surface area (Å²) in [6, 6.07) is 22.8. The van der Waals surface area contributed by atoms with E-state index >= 15 is 0 Å². The Bertz CT molecular complexity index is 1120. The topological polar surface area (TPSA) is 75.7 Å². The van der Waals surface area contributed by atoms with Crippen LogP contribution in [0.2, 0.25) is 5.02 Å². The summed E-state index contributed by atoms with van der Waals surface area (Å²) >= 11 is 5.82. The van der Waals surface area contributed by atoms with Gasteiger partial charge >= 0.3 is 0 Å². The summed E-state index contributed by atoms with van der Waals surface area (Å²) in [5.74, 6) is 0.0501. The number of carbonyl (C=O) groups is 1. The van der Waals surface area contributed by atoms with Crippen molar-refractivity contribution in [2.45, 2.75) is 11.3 Å². The first kappa shape index (κ1) is 22.8. The fraction of sp³-hybridized carbons (Fsp3) is 0.174. The number of para-hydroxylation sites is 2. The van der Waals surface area contributed by atoms with Gasteiger partial charge in [0.1, 0.15) is 5.75 Å². The maximum Gasteiger partial charge on any atom is 0.243 e. The first-order chi connectivity index (χ1) is 14.9. The molecule has 6 nitrogen and oxygen atoms in total. The number of amides is 1. The van der Waals surface area contributed by atoms with Crippen LogP contribution in [0.25, 0.3) is 0 Å². The number of nitrogens with one attached hydrogen (secondary N) is 1. The Morgan fingerprint density at radius 2 is 1.61 bits per heavy atom. The van der Waals surface area contributed by atoms with Crippen LogP contribution in [0.4, 0.5) is 5.69 Å². The average molecular weight is 459 g/mol. The van der Waals surface area contributed by atoms with Crippen LogP contribution in [0.15, 0.2) is 83.8 Å². The number of hydrogen-bond donors (Lipinski definition) is 1. The highest BCUT2D eigenvalue weighted by Crippen LogP contribution is 2.24. The van der Waals surface area contributed by atoms with E-state index in [1.807, 2.05) is 36.4 Å². The molecule has 0 aliphatic carbocycles. The van der Waals surface area contributed by atoms with Gasteiger partial charge in [-0.1, -0.05) is 54.1 Å². The third-order valence-corrected chi connectivity index (χ3v) is 6.61. The van der Waals surface area contributed by atoms with Crippen LogP contribution in [0.3, 0.4) is 0 Å². The maximum atomic E-state index is 12.7. The molecule has 0 saturated heterocycles. The van der Waals surface area contributed by atoms with Crippen LogP contribution in [0, 0.1) is 0 Å². The summed E-state index contributed by atoms with van der Waals surface area (Å²) in [7, 11) is -2.46. The molecule has 0 radical (unpaired) electrons. The fourth-order valence-electron chi connectivity index (χ4n) is 2.88. The number of rotatable bonds is 9. The standard InChI is InChI=1S/C23H23ClN2O4S/c1-26(31(28,29)20-13-11-19(24)12-14-20)17-23(27)25-21-9-5-6-10-22(21)30-16-15-18-7-3-2-4-8-18/h2-14H,15-17H2,1H3,(H,25,27). The molecule has 0 atom stereocenters. The molecule has 3 rings (SSSR count). The van der Waals surface area contributed by atoms with E-state index in [4.69, 9.17) is 16.3 Å². The van der Waals surface area contributed by atoms with Crippen molar-refractivity contribution in [2.24, 2.45) is 0 Å². The molecule has 0 aliphatic rings. The lowest BCUT2D eigenvalue weighted by Gasteiger charge is -2.18. The molecule has 0 fully saturated rings. The van der Waals surface area contributed by atoms with Crippen LogP contribution in [-0.2, 0) is 21.2 Å². The molecule has 1 N–H and O–H groups in total. The molecule has 0 spiro atoms. The van der Waals surface area contributed by atoms with Crippen molar-refractivity contribution in [1.82, 2.24) is 4.31 Å². The molecular formula is C23H23ClN2O4S. The number of hydrogen-bond acceptors (Lipinski definition) is 4. The highest BCUT2D eigenvalue weighted by molar-refractivity contribution is 7.89. The van der Waals surface area contributed by atoms with Crippen molar-refractivity contribution in [3.8, 4) is 5.75 Å². The zero-order valence-corrected chi connectivity index (χ0v) is 18.6. The lowest BCUT2D eigenvalue weighted by atomic mass is 10.2. The van der Waals surface area contributed by atoms with E-state index in [9.17, 15) is 13.2 Å². The van der Waals surface area contributed by atoms with Crippen LogP contribution in [0.5, 0.6) is 5.75 Å². The Morgan fingerprint density at radius 1 is 0.968 bits per heavy atom. The van der Waals surface area contributed by atoms with Crippen molar-refractivity contribution in [2.75, 3.05) is 25.5 Å². The molecule has 3 aromatic carbocycles. The summed E-state index contributed by atoms with van der Waals surface area (Å²) in [6.07, 6.45) is 0.727. The molecule has 0 heterocycles. The second kappa shape index (κ2) is 10.4. The van der Waals surface area contributed by atoms with E-state index in [0.29, 0.717) is 23.1 Å². The van der Waals surface area contributed by atoms with Gasteiger partial charge in [0.05, 0.1) is 23.7 Å². The Hall–Kier alpha value is -2.87. The van der Waals surface area contributed by atoms with Gasteiger partial charge in [0, 0.05) is 18.5 Å². The van der Waals surface area contributed by atoms with Crippen LogP contribution >= 0.6 is 11.6 Å². The minimum atomic E-state index is -3.82. The zero-order valence-electron chi connectivity index (χ0n) is 17.0. The number of benzene rings is 3. The Labute approximate surface area is 187 Å². The third kappa shape index (κ3) is 6.30. The third-order valence-electron chi connectivity index (χ3n) is 4.54. The SMILES string of the molecule is CN(CC(=O)Nc1ccccc1OCCc1ccccc1)S(=O)(=O)c1ccc(Cl)cc1.